The van der Waals surface area contributed by atoms with Gasteiger partial charge in [-0.2, -0.15) is 0 Å². The van der Waals surface area contributed by atoms with Gasteiger partial charge in [-0.15, -0.1) is 0 Å². The number of esters is 1. The van der Waals surface area contributed by atoms with Crippen molar-refractivity contribution in [1.29, 1.82) is 0 Å². The maximum atomic E-state index is 12.5. The molecule has 142 valence electrons. The highest BCUT2D eigenvalue weighted by Gasteiger charge is 2.30. The van der Waals surface area contributed by atoms with E-state index in [0.717, 1.165) is 22.4 Å². The molecule has 1 amide bonds. The number of rotatable bonds is 4. The van der Waals surface area contributed by atoms with Crippen molar-refractivity contribution in [1.82, 2.24) is 0 Å². The molecule has 0 saturated carbocycles. The number of ether oxygens (including phenoxy) is 2. The van der Waals surface area contributed by atoms with Crippen molar-refractivity contribution in [3.63, 3.8) is 0 Å². The second kappa shape index (κ2) is 8.01. The monoisotopic (exact) mass is 387 g/mol. The number of nitrogens with one attached hydrogen (secondary N) is 1. The smallest absolute Gasteiger partial charge is 0.313 e. The van der Waals surface area contributed by atoms with Crippen LogP contribution in [0.5, 0.6) is 5.75 Å². The van der Waals surface area contributed by atoms with E-state index >= 15 is 0 Å². The van der Waals surface area contributed by atoms with Crippen LogP contribution in [0, 0.1) is 19.8 Å². The average molecular weight is 388 g/mol. The Kier molecular flexibility index (Phi) is 5.71. The van der Waals surface area contributed by atoms with Gasteiger partial charge in [-0.3, -0.25) is 9.59 Å². The Hall–Kier alpha value is -2.53. The van der Waals surface area contributed by atoms with Gasteiger partial charge in [0.15, 0.2) is 6.10 Å². The maximum Gasteiger partial charge on any atom is 0.313 e. The van der Waals surface area contributed by atoms with Gasteiger partial charge in [0, 0.05) is 10.7 Å². The Morgan fingerprint density at radius 3 is 2.78 bits per heavy atom. The number of hydrogen-bond donors (Lipinski definition) is 1. The zero-order valence-electron chi connectivity index (χ0n) is 15.5. The maximum absolute atomic E-state index is 12.5. The van der Waals surface area contributed by atoms with Crippen LogP contribution < -0.4 is 10.1 Å². The van der Waals surface area contributed by atoms with Crippen LogP contribution in [0.1, 0.15) is 23.6 Å². The molecule has 27 heavy (non-hydrogen) atoms. The van der Waals surface area contributed by atoms with Crippen molar-refractivity contribution < 1.29 is 19.1 Å². The standard InChI is InChI=1S/C21H22ClNO4/c1-12-4-5-13(2)18(8-12)23-20(24)14(3)27-21(25)16-9-15-10-17(22)6-7-19(15)26-11-16/h4-8,10,14,16H,9,11H2,1-3H3,(H,23,24). The van der Waals surface area contributed by atoms with Crippen LogP contribution in [0.15, 0.2) is 36.4 Å². The summed E-state index contributed by atoms with van der Waals surface area (Å²) in [6.07, 6.45) is -0.432. The highest BCUT2D eigenvalue weighted by Crippen LogP contribution is 2.30. The van der Waals surface area contributed by atoms with E-state index in [0.29, 0.717) is 17.1 Å². The second-order valence-corrected chi connectivity index (χ2v) is 7.29. The third kappa shape index (κ3) is 4.61. The summed E-state index contributed by atoms with van der Waals surface area (Å²) in [6.45, 7) is 5.64. The number of carbonyl (C=O) groups is 2. The first kappa shape index (κ1) is 19.2. The van der Waals surface area contributed by atoms with E-state index < -0.39 is 18.0 Å². The quantitative estimate of drug-likeness (QED) is 0.803. The van der Waals surface area contributed by atoms with E-state index in [1.165, 1.54) is 0 Å². The molecule has 2 atom stereocenters. The first-order chi connectivity index (χ1) is 12.8. The third-order valence-corrected chi connectivity index (χ3v) is 4.81. The molecule has 2 aromatic rings. The molecule has 0 radical (unpaired) electrons. The fraction of sp³-hybridized carbons (Fsp3) is 0.333. The molecule has 0 saturated heterocycles. The van der Waals surface area contributed by atoms with Crippen molar-refractivity contribution in [3.05, 3.63) is 58.1 Å². The number of anilines is 1. The van der Waals surface area contributed by atoms with Crippen LogP contribution >= 0.6 is 11.6 Å². The summed E-state index contributed by atoms with van der Waals surface area (Å²) >= 11 is 6.01. The van der Waals surface area contributed by atoms with E-state index in [2.05, 4.69) is 5.32 Å². The highest BCUT2D eigenvalue weighted by molar-refractivity contribution is 6.30. The van der Waals surface area contributed by atoms with Crippen LogP contribution in [0.3, 0.4) is 0 Å². The molecular weight excluding hydrogens is 366 g/mol. The molecule has 1 aliphatic rings. The summed E-state index contributed by atoms with van der Waals surface area (Å²) in [6, 6.07) is 11.1. The summed E-state index contributed by atoms with van der Waals surface area (Å²) in [5.41, 5.74) is 3.56. The fourth-order valence-electron chi connectivity index (χ4n) is 2.94. The predicted molar refractivity (Wildman–Crippen MR) is 104 cm³/mol. The van der Waals surface area contributed by atoms with E-state index in [9.17, 15) is 9.59 Å². The van der Waals surface area contributed by atoms with Crippen molar-refractivity contribution in [3.8, 4) is 5.75 Å². The molecule has 2 aromatic carbocycles. The summed E-state index contributed by atoms with van der Waals surface area (Å²) in [5.74, 6) is -0.558. The molecule has 1 aliphatic heterocycles. The topological polar surface area (TPSA) is 64.6 Å². The van der Waals surface area contributed by atoms with E-state index in [-0.39, 0.29) is 12.5 Å². The zero-order chi connectivity index (χ0) is 19.6. The summed E-state index contributed by atoms with van der Waals surface area (Å²) < 4.78 is 11.0. The first-order valence-corrected chi connectivity index (χ1v) is 9.21. The molecule has 0 aliphatic carbocycles. The van der Waals surface area contributed by atoms with E-state index in [4.69, 9.17) is 21.1 Å². The molecule has 1 heterocycles. The molecule has 1 N–H and O–H groups in total. The van der Waals surface area contributed by atoms with Gasteiger partial charge >= 0.3 is 5.97 Å². The van der Waals surface area contributed by atoms with Gasteiger partial charge in [0.1, 0.15) is 12.4 Å². The normalized spacial score (nSPS) is 16.7. The average Bonchev–Trinajstić information content (AvgIpc) is 2.63. The van der Waals surface area contributed by atoms with Gasteiger partial charge in [-0.1, -0.05) is 23.7 Å². The number of aryl methyl sites for hydroxylation is 2. The lowest BCUT2D eigenvalue weighted by atomic mass is 9.97. The number of benzene rings is 2. The molecule has 0 spiro atoms. The minimum atomic E-state index is -0.904. The van der Waals surface area contributed by atoms with Crippen molar-refractivity contribution in [2.45, 2.75) is 33.3 Å². The van der Waals surface area contributed by atoms with E-state index in [1.54, 1.807) is 25.1 Å². The number of carbonyl (C=O) groups excluding carboxylic acids is 2. The highest BCUT2D eigenvalue weighted by atomic mass is 35.5. The van der Waals surface area contributed by atoms with Gasteiger partial charge in [0.25, 0.3) is 5.91 Å². The number of fused-ring (bicyclic) bond motifs is 1. The Morgan fingerprint density at radius 2 is 2.00 bits per heavy atom. The lowest BCUT2D eigenvalue weighted by Crippen LogP contribution is -2.36. The van der Waals surface area contributed by atoms with Crippen LogP contribution in [0.25, 0.3) is 0 Å². The lowest BCUT2D eigenvalue weighted by molar-refractivity contribution is -0.158. The van der Waals surface area contributed by atoms with Crippen molar-refractivity contribution >= 4 is 29.2 Å². The van der Waals surface area contributed by atoms with Crippen molar-refractivity contribution in [2.75, 3.05) is 11.9 Å². The molecule has 2 unspecified atom stereocenters. The number of hydrogen-bond acceptors (Lipinski definition) is 4. The summed E-state index contributed by atoms with van der Waals surface area (Å²) in [4.78, 5) is 24.9. The Morgan fingerprint density at radius 1 is 1.22 bits per heavy atom. The number of halogens is 1. The van der Waals surface area contributed by atoms with Gasteiger partial charge in [-0.05, 0) is 68.1 Å². The minimum Gasteiger partial charge on any atom is -0.492 e. The fourth-order valence-corrected chi connectivity index (χ4v) is 3.14. The molecule has 0 fully saturated rings. The second-order valence-electron chi connectivity index (χ2n) is 6.85. The third-order valence-electron chi connectivity index (χ3n) is 4.58. The predicted octanol–water partition coefficient (Wildman–Crippen LogP) is 4.08. The van der Waals surface area contributed by atoms with Crippen LogP contribution in [0.2, 0.25) is 5.02 Å². The zero-order valence-corrected chi connectivity index (χ0v) is 16.3. The first-order valence-electron chi connectivity index (χ1n) is 8.83. The van der Waals surface area contributed by atoms with Crippen LogP contribution in [0.4, 0.5) is 5.69 Å². The molecule has 0 aromatic heterocycles. The Labute approximate surface area is 163 Å². The Bertz CT molecular complexity index is 880. The van der Waals surface area contributed by atoms with Gasteiger partial charge < -0.3 is 14.8 Å². The van der Waals surface area contributed by atoms with Gasteiger partial charge in [-0.25, -0.2) is 0 Å². The Balaban J connectivity index is 1.60. The molecule has 0 bridgehead atoms. The van der Waals surface area contributed by atoms with E-state index in [1.807, 2.05) is 32.0 Å². The van der Waals surface area contributed by atoms with Gasteiger partial charge in [0.05, 0.1) is 5.92 Å². The molecule has 6 heteroatoms. The van der Waals surface area contributed by atoms with Crippen LogP contribution in [-0.2, 0) is 20.7 Å². The molecule has 3 rings (SSSR count). The van der Waals surface area contributed by atoms with Gasteiger partial charge in [0.2, 0.25) is 0 Å². The number of amides is 1. The summed E-state index contributed by atoms with van der Waals surface area (Å²) in [7, 11) is 0. The lowest BCUT2D eigenvalue weighted by Gasteiger charge is -2.25. The SMILES string of the molecule is Cc1ccc(C)c(NC(=O)C(C)OC(=O)C2COc3ccc(Cl)cc3C2)c1. The minimum absolute atomic E-state index is 0.221. The summed E-state index contributed by atoms with van der Waals surface area (Å²) in [5, 5.41) is 3.41. The molecular formula is C21H22ClNO4. The molecule has 5 nitrogen and oxygen atoms in total. The largest absolute Gasteiger partial charge is 0.492 e. The van der Waals surface area contributed by atoms with Crippen LogP contribution in [-0.4, -0.2) is 24.6 Å². The van der Waals surface area contributed by atoms with Crippen molar-refractivity contribution in [2.24, 2.45) is 5.92 Å².